The van der Waals surface area contributed by atoms with Gasteiger partial charge in [0.25, 0.3) is 5.91 Å². The highest BCUT2D eigenvalue weighted by molar-refractivity contribution is 7.80. The van der Waals surface area contributed by atoms with Crippen molar-refractivity contribution < 1.29 is 4.79 Å². The summed E-state index contributed by atoms with van der Waals surface area (Å²) in [6.45, 7) is 0. The molecule has 0 aromatic carbocycles. The number of rotatable bonds is 1. The van der Waals surface area contributed by atoms with E-state index in [0.717, 1.165) is 0 Å². The van der Waals surface area contributed by atoms with Crippen molar-refractivity contribution in [2.24, 2.45) is 11.6 Å². The van der Waals surface area contributed by atoms with E-state index in [9.17, 15) is 4.79 Å². The van der Waals surface area contributed by atoms with Crippen molar-refractivity contribution >= 4 is 34.8 Å². The lowest BCUT2D eigenvalue weighted by Gasteiger charge is -2.10. The van der Waals surface area contributed by atoms with E-state index < -0.39 is 5.91 Å². The van der Waals surface area contributed by atoms with Crippen LogP contribution in [-0.4, -0.2) is 21.9 Å². The molecule has 4 N–H and O–H groups in total. The molecule has 0 aliphatic rings. The summed E-state index contributed by atoms with van der Waals surface area (Å²) < 4.78 is 0. The van der Waals surface area contributed by atoms with Gasteiger partial charge in [0.1, 0.15) is 5.88 Å². The van der Waals surface area contributed by atoms with Crippen LogP contribution in [0.25, 0.3) is 0 Å². The molecule has 4 nitrogen and oxygen atoms in total. The van der Waals surface area contributed by atoms with Gasteiger partial charge in [0, 0.05) is 0 Å². The molecule has 0 aliphatic carbocycles. The van der Waals surface area contributed by atoms with E-state index in [4.69, 9.17) is 23.2 Å². The number of halogens is 1. The topological polar surface area (TPSA) is 72.3 Å². The van der Waals surface area contributed by atoms with Crippen molar-refractivity contribution in [3.8, 4) is 0 Å². The number of carbonyl (C=O) groups is 1. The Balaban J connectivity index is 3.88. The Morgan fingerprint density at radius 2 is 2.22 bits per heavy atom. The highest BCUT2D eigenvalue weighted by atomic mass is 35.5. The van der Waals surface area contributed by atoms with Gasteiger partial charge in [-0.1, -0.05) is 0 Å². The van der Waals surface area contributed by atoms with Gasteiger partial charge >= 0.3 is 0 Å². The third kappa shape index (κ3) is 2.59. The lowest BCUT2D eigenvalue weighted by molar-refractivity contribution is -0.124. The lowest BCUT2D eigenvalue weighted by Crippen LogP contribution is -2.46. The third-order valence-corrected chi connectivity index (χ3v) is 1.05. The van der Waals surface area contributed by atoms with E-state index in [0.29, 0.717) is 5.01 Å². The highest BCUT2D eigenvalue weighted by Gasteiger charge is 2.08. The van der Waals surface area contributed by atoms with Gasteiger partial charge < -0.3 is 5.73 Å². The zero-order valence-corrected chi connectivity index (χ0v) is 6.08. The SMILES string of the molecule is NC(=S)N(N)C(=O)CCl. The minimum atomic E-state index is -0.510. The number of carbonyl (C=O) groups excluding carboxylic acids is 1. The number of amides is 1. The summed E-state index contributed by atoms with van der Waals surface area (Å²) in [6, 6.07) is 0. The lowest BCUT2D eigenvalue weighted by atomic mass is 10.7. The quantitative estimate of drug-likeness (QED) is 0.176. The number of hydrogen-bond acceptors (Lipinski definition) is 3. The largest absolute Gasteiger partial charge is 0.375 e. The maximum absolute atomic E-state index is 10.5. The fraction of sp³-hybridized carbons (Fsp3) is 0.333. The van der Waals surface area contributed by atoms with Crippen molar-refractivity contribution in [2.45, 2.75) is 0 Å². The standard InChI is InChI=1S/C3H6ClN3OS/c4-1-2(8)7(6)3(5)9/h1,6H2,(H2,5,9). The van der Waals surface area contributed by atoms with Crippen molar-refractivity contribution in [3.05, 3.63) is 0 Å². The second-order valence-corrected chi connectivity index (χ2v) is 1.92. The molecule has 52 valence electrons. The Morgan fingerprint density at radius 1 is 1.78 bits per heavy atom. The molecular weight excluding hydrogens is 162 g/mol. The first-order valence-corrected chi connectivity index (χ1v) is 2.97. The van der Waals surface area contributed by atoms with E-state index in [2.05, 4.69) is 12.2 Å². The molecule has 0 rings (SSSR count). The molecule has 9 heavy (non-hydrogen) atoms. The second-order valence-electron chi connectivity index (χ2n) is 1.24. The Labute approximate surface area is 62.7 Å². The Hall–Kier alpha value is -0.390. The molecular formula is C3H6ClN3OS. The zero-order chi connectivity index (χ0) is 7.44. The third-order valence-electron chi connectivity index (χ3n) is 0.620. The number of thiocarbonyl (C=S) groups is 1. The fourth-order valence-corrected chi connectivity index (χ4v) is 0.418. The summed E-state index contributed by atoms with van der Waals surface area (Å²) in [5.41, 5.74) is 4.97. The summed E-state index contributed by atoms with van der Waals surface area (Å²) in [4.78, 5) is 10.5. The van der Waals surface area contributed by atoms with Gasteiger partial charge in [-0.3, -0.25) is 4.79 Å². The van der Waals surface area contributed by atoms with Crippen molar-refractivity contribution in [3.63, 3.8) is 0 Å². The molecule has 0 aliphatic heterocycles. The monoisotopic (exact) mass is 167 g/mol. The molecule has 0 aromatic rings. The second kappa shape index (κ2) is 3.60. The van der Waals surface area contributed by atoms with Crippen LogP contribution in [0.2, 0.25) is 0 Å². The van der Waals surface area contributed by atoms with Gasteiger partial charge in [0.2, 0.25) is 0 Å². The fourth-order valence-electron chi connectivity index (χ4n) is 0.187. The van der Waals surface area contributed by atoms with Crippen LogP contribution in [0.5, 0.6) is 0 Å². The Morgan fingerprint density at radius 3 is 2.33 bits per heavy atom. The van der Waals surface area contributed by atoms with Crippen LogP contribution in [0.3, 0.4) is 0 Å². The first kappa shape index (κ1) is 8.61. The molecule has 0 fully saturated rings. The van der Waals surface area contributed by atoms with Gasteiger partial charge in [0.05, 0.1) is 0 Å². The van der Waals surface area contributed by atoms with Crippen molar-refractivity contribution in [2.75, 3.05) is 5.88 Å². The first-order valence-electron chi connectivity index (χ1n) is 2.02. The van der Waals surface area contributed by atoms with Crippen LogP contribution in [-0.2, 0) is 4.79 Å². The van der Waals surface area contributed by atoms with Crippen molar-refractivity contribution in [1.29, 1.82) is 0 Å². The average Bonchev–Trinajstić information content (AvgIpc) is 1.84. The highest BCUT2D eigenvalue weighted by Crippen LogP contribution is 1.83. The Bertz CT molecular complexity index is 139. The number of nitrogens with two attached hydrogens (primary N) is 2. The molecule has 0 radical (unpaired) electrons. The van der Waals surface area contributed by atoms with Crippen LogP contribution in [0.4, 0.5) is 0 Å². The van der Waals surface area contributed by atoms with E-state index in [1.807, 2.05) is 0 Å². The maximum atomic E-state index is 10.5. The molecule has 0 aromatic heterocycles. The van der Waals surface area contributed by atoms with Crippen LogP contribution in [0.1, 0.15) is 0 Å². The van der Waals surface area contributed by atoms with E-state index in [-0.39, 0.29) is 11.0 Å². The molecule has 0 saturated heterocycles. The molecule has 0 unspecified atom stereocenters. The van der Waals surface area contributed by atoms with E-state index in [1.54, 1.807) is 0 Å². The smallest absolute Gasteiger partial charge is 0.258 e. The van der Waals surface area contributed by atoms with Crippen LogP contribution in [0, 0.1) is 0 Å². The molecule has 1 amide bonds. The summed E-state index contributed by atoms with van der Waals surface area (Å²) in [5, 5.41) is 0.447. The van der Waals surface area contributed by atoms with Gasteiger partial charge in [-0.05, 0) is 12.2 Å². The maximum Gasteiger partial charge on any atom is 0.258 e. The summed E-state index contributed by atoms with van der Waals surface area (Å²) in [6.07, 6.45) is 0. The Kier molecular flexibility index (Phi) is 3.44. The predicted molar refractivity (Wildman–Crippen MR) is 38.5 cm³/mol. The first-order chi connectivity index (χ1) is 4.09. The van der Waals surface area contributed by atoms with Gasteiger partial charge in [-0.25, -0.2) is 10.9 Å². The number of alkyl halides is 1. The molecule has 0 heterocycles. The van der Waals surface area contributed by atoms with Gasteiger partial charge in [-0.15, -0.1) is 11.6 Å². The van der Waals surface area contributed by atoms with Crippen LogP contribution < -0.4 is 11.6 Å². The van der Waals surface area contributed by atoms with E-state index in [1.165, 1.54) is 0 Å². The van der Waals surface area contributed by atoms with Crippen LogP contribution in [0.15, 0.2) is 0 Å². The summed E-state index contributed by atoms with van der Waals surface area (Å²) in [7, 11) is 0. The molecule has 0 spiro atoms. The zero-order valence-electron chi connectivity index (χ0n) is 4.50. The van der Waals surface area contributed by atoms with E-state index >= 15 is 0 Å². The molecule has 6 heteroatoms. The van der Waals surface area contributed by atoms with Crippen molar-refractivity contribution in [1.82, 2.24) is 5.01 Å². The normalized spacial score (nSPS) is 8.67. The summed E-state index contributed by atoms with van der Waals surface area (Å²) >= 11 is 9.46. The van der Waals surface area contributed by atoms with Gasteiger partial charge in [0.15, 0.2) is 5.11 Å². The molecule has 0 bridgehead atoms. The molecule has 0 saturated carbocycles. The average molecular weight is 168 g/mol. The minimum Gasteiger partial charge on any atom is -0.375 e. The number of hydrogen-bond donors (Lipinski definition) is 2. The predicted octanol–water partition coefficient (Wildman–Crippen LogP) is -0.829. The summed E-state index contributed by atoms with van der Waals surface area (Å²) in [5.74, 6) is 4.28. The van der Waals surface area contributed by atoms with Crippen LogP contribution >= 0.6 is 23.8 Å². The molecule has 0 atom stereocenters. The van der Waals surface area contributed by atoms with Gasteiger partial charge in [-0.2, -0.15) is 0 Å². The minimum absolute atomic E-state index is 0.180. The number of nitrogens with zero attached hydrogens (tertiary/aromatic N) is 1. The number of hydrazine groups is 1.